The summed E-state index contributed by atoms with van der Waals surface area (Å²) in [4.78, 5) is 27.1. The maximum atomic E-state index is 12.7. The highest BCUT2D eigenvalue weighted by atomic mass is 16.5. The van der Waals surface area contributed by atoms with E-state index in [1.54, 1.807) is 13.2 Å². The van der Waals surface area contributed by atoms with Crippen LogP contribution in [-0.2, 0) is 6.42 Å². The summed E-state index contributed by atoms with van der Waals surface area (Å²) in [5.41, 5.74) is 2.20. The van der Waals surface area contributed by atoms with Gasteiger partial charge in [0, 0.05) is 18.2 Å². The van der Waals surface area contributed by atoms with Gasteiger partial charge in [-0.1, -0.05) is 31.2 Å². The van der Waals surface area contributed by atoms with Crippen LogP contribution >= 0.6 is 0 Å². The Morgan fingerprint density at radius 2 is 1.93 bits per heavy atom. The van der Waals surface area contributed by atoms with Gasteiger partial charge in [-0.15, -0.1) is 0 Å². The number of benzene rings is 2. The average molecular weight is 394 g/mol. The Hall–Kier alpha value is -3.12. The van der Waals surface area contributed by atoms with Crippen molar-refractivity contribution in [1.82, 2.24) is 10.2 Å². The van der Waals surface area contributed by atoms with Crippen molar-refractivity contribution in [1.29, 1.82) is 0 Å². The number of para-hydroxylation sites is 1. The highest BCUT2D eigenvalue weighted by Crippen LogP contribution is 2.27. The van der Waals surface area contributed by atoms with E-state index < -0.39 is 5.91 Å². The number of likely N-dealkylation sites (N-methyl/N-ethyl adjacent to an activating group) is 1. The summed E-state index contributed by atoms with van der Waals surface area (Å²) in [6, 6.07) is 14.3. The third-order valence-electron chi connectivity index (χ3n) is 5.00. The molecule has 0 bridgehead atoms. The van der Waals surface area contributed by atoms with Crippen molar-refractivity contribution in [3.8, 4) is 5.75 Å². The average Bonchev–Trinajstić information content (AvgIpc) is 2.73. The molecular formula is C23H26N2O4. The lowest BCUT2D eigenvalue weighted by molar-refractivity contribution is 0.0914. The summed E-state index contributed by atoms with van der Waals surface area (Å²) in [6.07, 6.45) is 0.826. The minimum absolute atomic E-state index is 0.00396. The van der Waals surface area contributed by atoms with Gasteiger partial charge >= 0.3 is 0 Å². The highest BCUT2D eigenvalue weighted by Gasteiger charge is 2.20. The number of nitrogens with one attached hydrogen (secondary N) is 1. The molecule has 0 radical (unpaired) electrons. The predicted octanol–water partition coefficient (Wildman–Crippen LogP) is 3.40. The Morgan fingerprint density at radius 3 is 2.62 bits per heavy atom. The van der Waals surface area contributed by atoms with Crippen molar-refractivity contribution in [2.75, 3.05) is 27.7 Å². The Balaban J connectivity index is 1.83. The summed E-state index contributed by atoms with van der Waals surface area (Å²) in [5, 5.41) is 3.36. The van der Waals surface area contributed by atoms with Gasteiger partial charge in [0.1, 0.15) is 11.3 Å². The number of hydrogen-bond acceptors (Lipinski definition) is 5. The number of methoxy groups -OCH3 is 1. The van der Waals surface area contributed by atoms with E-state index in [1.165, 1.54) is 6.07 Å². The van der Waals surface area contributed by atoms with Gasteiger partial charge in [0.15, 0.2) is 11.2 Å². The molecule has 1 N–H and O–H groups in total. The molecule has 1 aromatic heterocycles. The molecule has 1 unspecified atom stereocenters. The number of amides is 1. The van der Waals surface area contributed by atoms with Crippen LogP contribution in [0.25, 0.3) is 11.0 Å². The van der Waals surface area contributed by atoms with E-state index in [1.807, 2.05) is 62.3 Å². The molecule has 6 nitrogen and oxygen atoms in total. The normalized spacial score (nSPS) is 12.2. The lowest BCUT2D eigenvalue weighted by atomic mass is 10.0. The van der Waals surface area contributed by atoms with Crippen LogP contribution < -0.4 is 15.5 Å². The summed E-state index contributed by atoms with van der Waals surface area (Å²) in [7, 11) is 5.49. The lowest BCUT2D eigenvalue weighted by Crippen LogP contribution is -2.35. The van der Waals surface area contributed by atoms with Gasteiger partial charge in [0.2, 0.25) is 0 Å². The molecule has 0 aliphatic heterocycles. The monoisotopic (exact) mass is 394 g/mol. The molecule has 0 aliphatic carbocycles. The van der Waals surface area contributed by atoms with Gasteiger partial charge in [0.05, 0.1) is 18.5 Å². The number of fused-ring (bicyclic) bond motifs is 1. The second-order valence-electron chi connectivity index (χ2n) is 7.09. The summed E-state index contributed by atoms with van der Waals surface area (Å²) < 4.78 is 11.1. The molecule has 0 aliphatic rings. The first-order valence-electron chi connectivity index (χ1n) is 9.59. The molecule has 1 heterocycles. The van der Waals surface area contributed by atoms with Crippen molar-refractivity contribution >= 4 is 16.9 Å². The minimum Gasteiger partial charge on any atom is -0.496 e. The summed E-state index contributed by atoms with van der Waals surface area (Å²) in [5.74, 6) is 0.332. The van der Waals surface area contributed by atoms with E-state index >= 15 is 0 Å². The van der Waals surface area contributed by atoms with Gasteiger partial charge in [-0.3, -0.25) is 9.59 Å². The maximum absolute atomic E-state index is 12.7. The molecule has 0 saturated carbocycles. The molecule has 1 amide bonds. The third-order valence-corrected chi connectivity index (χ3v) is 5.00. The Kier molecular flexibility index (Phi) is 6.34. The number of carbonyl (C=O) groups is 1. The molecule has 2 aromatic carbocycles. The molecule has 3 aromatic rings. The van der Waals surface area contributed by atoms with E-state index in [0.717, 1.165) is 23.3 Å². The second-order valence-corrected chi connectivity index (χ2v) is 7.09. The number of nitrogens with zero attached hydrogens (tertiary/aromatic N) is 1. The number of aryl methyl sites for hydroxylation is 1. The summed E-state index contributed by atoms with van der Waals surface area (Å²) >= 11 is 0. The van der Waals surface area contributed by atoms with Crippen molar-refractivity contribution in [3.63, 3.8) is 0 Å². The second kappa shape index (κ2) is 8.92. The van der Waals surface area contributed by atoms with Crippen LogP contribution in [-0.4, -0.2) is 38.6 Å². The maximum Gasteiger partial charge on any atom is 0.287 e. The molecule has 3 rings (SSSR count). The zero-order valence-electron chi connectivity index (χ0n) is 17.2. The zero-order chi connectivity index (χ0) is 21.0. The van der Waals surface area contributed by atoms with Gasteiger partial charge in [-0.2, -0.15) is 0 Å². The first-order valence-corrected chi connectivity index (χ1v) is 9.59. The largest absolute Gasteiger partial charge is 0.496 e. The quantitative estimate of drug-likeness (QED) is 0.665. The third kappa shape index (κ3) is 4.49. The van der Waals surface area contributed by atoms with Crippen molar-refractivity contribution < 1.29 is 13.9 Å². The number of carbonyl (C=O) groups excluding carboxylic acids is 1. The molecular weight excluding hydrogens is 368 g/mol. The van der Waals surface area contributed by atoms with Crippen LogP contribution in [0, 0.1) is 0 Å². The lowest BCUT2D eigenvalue weighted by Gasteiger charge is -2.26. The van der Waals surface area contributed by atoms with E-state index in [2.05, 4.69) is 5.32 Å². The van der Waals surface area contributed by atoms with E-state index in [4.69, 9.17) is 9.15 Å². The van der Waals surface area contributed by atoms with Crippen molar-refractivity contribution in [3.05, 3.63) is 75.6 Å². The SMILES string of the molecule is CCc1ccc2oc(C(=O)NCC(c3ccccc3OC)N(C)C)cc(=O)c2c1. The molecule has 29 heavy (non-hydrogen) atoms. The first-order chi connectivity index (χ1) is 13.9. The van der Waals surface area contributed by atoms with Crippen LogP contribution in [0.2, 0.25) is 0 Å². The fourth-order valence-corrected chi connectivity index (χ4v) is 3.32. The number of rotatable bonds is 7. The minimum atomic E-state index is -0.426. The first kappa shape index (κ1) is 20.6. The van der Waals surface area contributed by atoms with Crippen molar-refractivity contribution in [2.24, 2.45) is 0 Å². The Morgan fingerprint density at radius 1 is 1.17 bits per heavy atom. The van der Waals surface area contributed by atoms with Crippen LogP contribution in [0.1, 0.15) is 34.6 Å². The van der Waals surface area contributed by atoms with Gasteiger partial charge in [-0.05, 0) is 44.3 Å². The smallest absolute Gasteiger partial charge is 0.287 e. The fraction of sp³-hybridized carbons (Fsp3) is 0.304. The van der Waals surface area contributed by atoms with Gasteiger partial charge in [0.25, 0.3) is 5.91 Å². The molecule has 0 saturated heterocycles. The predicted molar refractivity (Wildman–Crippen MR) is 114 cm³/mol. The van der Waals surface area contributed by atoms with Gasteiger partial charge < -0.3 is 19.4 Å². The summed E-state index contributed by atoms with van der Waals surface area (Å²) in [6.45, 7) is 2.36. The standard InChI is InChI=1S/C23H26N2O4/c1-5-15-10-11-21-17(12-15)19(26)13-22(29-21)23(27)24-14-18(25(2)3)16-8-6-7-9-20(16)28-4/h6-13,18H,5,14H2,1-4H3,(H,24,27). The van der Waals surface area contributed by atoms with Crippen LogP contribution in [0.15, 0.2) is 57.7 Å². The molecule has 0 spiro atoms. The van der Waals surface area contributed by atoms with Crippen LogP contribution in [0.5, 0.6) is 5.75 Å². The zero-order valence-corrected chi connectivity index (χ0v) is 17.2. The molecule has 1 atom stereocenters. The highest BCUT2D eigenvalue weighted by molar-refractivity contribution is 5.93. The molecule has 6 heteroatoms. The van der Waals surface area contributed by atoms with Crippen LogP contribution in [0.4, 0.5) is 0 Å². The Labute approximate surface area is 170 Å². The van der Waals surface area contributed by atoms with Gasteiger partial charge in [-0.25, -0.2) is 0 Å². The van der Waals surface area contributed by atoms with E-state index in [0.29, 0.717) is 17.5 Å². The Bertz CT molecular complexity index is 1070. The van der Waals surface area contributed by atoms with E-state index in [-0.39, 0.29) is 17.2 Å². The molecule has 152 valence electrons. The van der Waals surface area contributed by atoms with Crippen molar-refractivity contribution in [2.45, 2.75) is 19.4 Å². The number of ether oxygens (including phenoxy) is 1. The fourth-order valence-electron chi connectivity index (χ4n) is 3.32. The van der Waals surface area contributed by atoms with Crippen LogP contribution in [0.3, 0.4) is 0 Å². The van der Waals surface area contributed by atoms with E-state index in [9.17, 15) is 9.59 Å². The molecule has 0 fully saturated rings. The number of hydrogen-bond donors (Lipinski definition) is 1. The topological polar surface area (TPSA) is 71.8 Å².